The number of nitrogens with zero attached hydrogens (tertiary/aromatic N) is 3. The third-order valence-electron chi connectivity index (χ3n) is 4.63. The average molecular weight is 410 g/mol. The molecule has 0 aliphatic heterocycles. The number of carbonyl (C=O) groups excluding carboxylic acids is 1. The van der Waals surface area contributed by atoms with Crippen LogP contribution in [0.15, 0.2) is 12.3 Å². The molecule has 0 fully saturated rings. The largest absolute Gasteiger partial charge is 0.469 e. The van der Waals surface area contributed by atoms with Crippen LogP contribution in [0.5, 0.6) is 0 Å². The first-order chi connectivity index (χ1) is 13.8. The van der Waals surface area contributed by atoms with Gasteiger partial charge in [0.2, 0.25) is 0 Å². The number of esters is 1. The van der Waals surface area contributed by atoms with Gasteiger partial charge in [-0.1, -0.05) is 32.3 Å². The Balaban J connectivity index is 2.91. The molecule has 29 heavy (non-hydrogen) atoms. The Morgan fingerprint density at radius 1 is 1.21 bits per heavy atom. The van der Waals surface area contributed by atoms with Crippen molar-refractivity contribution in [2.45, 2.75) is 70.2 Å². The summed E-state index contributed by atoms with van der Waals surface area (Å²) in [6, 6.07) is 0. The van der Waals surface area contributed by atoms with Gasteiger partial charge < -0.3 is 25.0 Å². The van der Waals surface area contributed by atoms with Crippen molar-refractivity contribution in [2.75, 3.05) is 26.1 Å². The Morgan fingerprint density at radius 2 is 1.93 bits per heavy atom. The van der Waals surface area contributed by atoms with E-state index in [-0.39, 0.29) is 12.4 Å². The van der Waals surface area contributed by atoms with E-state index in [0.717, 1.165) is 19.3 Å². The Bertz CT molecular complexity index is 651. The number of unbranched alkanes of at least 4 members (excludes halogenated alkanes) is 2. The number of aromatic nitrogens is 2. The van der Waals surface area contributed by atoms with Gasteiger partial charge in [-0.25, -0.2) is 4.98 Å². The maximum atomic E-state index is 11.3. The lowest BCUT2D eigenvalue weighted by atomic mass is 10.0. The highest BCUT2D eigenvalue weighted by atomic mass is 16.5. The molecular weight excluding hydrogens is 374 g/mol. The number of methoxy groups -OCH3 is 1. The second-order valence-corrected chi connectivity index (χ2v) is 7.29. The molecule has 8 heteroatoms. The Hall–Kier alpha value is -2.03. The molecule has 0 bridgehead atoms. The molecular formula is C21H35N3O5. The van der Waals surface area contributed by atoms with Crippen LogP contribution in [0.1, 0.15) is 69.4 Å². The molecule has 0 aliphatic carbocycles. The van der Waals surface area contributed by atoms with Crippen molar-refractivity contribution in [3.8, 4) is 0 Å². The van der Waals surface area contributed by atoms with Gasteiger partial charge in [0.25, 0.3) is 0 Å². The molecule has 0 aliphatic rings. The number of anilines is 1. The van der Waals surface area contributed by atoms with Crippen molar-refractivity contribution < 1.29 is 24.9 Å². The van der Waals surface area contributed by atoms with Crippen LogP contribution in [0, 0.1) is 0 Å². The predicted molar refractivity (Wildman–Crippen MR) is 112 cm³/mol. The molecule has 1 unspecified atom stereocenters. The average Bonchev–Trinajstić information content (AvgIpc) is 2.71. The van der Waals surface area contributed by atoms with Gasteiger partial charge in [-0.2, -0.15) is 0 Å². The second kappa shape index (κ2) is 13.2. The Morgan fingerprint density at radius 3 is 2.55 bits per heavy atom. The molecule has 0 aromatic carbocycles. The highest BCUT2D eigenvalue weighted by Crippen LogP contribution is 2.23. The van der Waals surface area contributed by atoms with Crippen molar-refractivity contribution in [3.63, 3.8) is 0 Å². The van der Waals surface area contributed by atoms with Crippen LogP contribution in [-0.2, 0) is 9.53 Å². The summed E-state index contributed by atoms with van der Waals surface area (Å²) in [5.74, 6) is 0.277. The smallest absolute Gasteiger partial charge is 0.305 e. The van der Waals surface area contributed by atoms with Crippen LogP contribution < -0.4 is 4.90 Å². The van der Waals surface area contributed by atoms with E-state index < -0.39 is 18.3 Å². The second-order valence-electron chi connectivity index (χ2n) is 7.29. The molecule has 1 aromatic rings. The van der Waals surface area contributed by atoms with Gasteiger partial charge in [-0.3, -0.25) is 9.78 Å². The summed E-state index contributed by atoms with van der Waals surface area (Å²) in [6.07, 6.45) is 6.24. The van der Waals surface area contributed by atoms with Gasteiger partial charge in [-0.15, -0.1) is 0 Å². The van der Waals surface area contributed by atoms with Crippen LogP contribution in [0.2, 0.25) is 0 Å². The summed E-state index contributed by atoms with van der Waals surface area (Å²) in [6.45, 7) is 2.08. The van der Waals surface area contributed by atoms with Gasteiger partial charge in [-0.05, 0) is 25.3 Å². The van der Waals surface area contributed by atoms with Crippen LogP contribution in [0.3, 0.4) is 0 Å². The first-order valence-electron chi connectivity index (χ1n) is 10.1. The van der Waals surface area contributed by atoms with Crippen molar-refractivity contribution in [1.82, 2.24) is 9.97 Å². The minimum absolute atomic E-state index is 0.213. The maximum Gasteiger partial charge on any atom is 0.305 e. The first-order valence-corrected chi connectivity index (χ1v) is 10.1. The fourth-order valence-electron chi connectivity index (χ4n) is 2.77. The van der Waals surface area contributed by atoms with E-state index in [9.17, 15) is 20.1 Å². The zero-order chi connectivity index (χ0) is 21.8. The van der Waals surface area contributed by atoms with Crippen LogP contribution in [0.4, 0.5) is 5.82 Å². The highest BCUT2D eigenvalue weighted by molar-refractivity contribution is 5.69. The van der Waals surface area contributed by atoms with E-state index in [1.54, 1.807) is 17.2 Å². The van der Waals surface area contributed by atoms with Gasteiger partial charge in [0, 0.05) is 20.5 Å². The zero-order valence-corrected chi connectivity index (χ0v) is 17.9. The van der Waals surface area contributed by atoms with E-state index in [1.165, 1.54) is 13.2 Å². The number of aliphatic hydroxyl groups is 3. The van der Waals surface area contributed by atoms with Crippen LogP contribution in [0.25, 0.3) is 6.08 Å². The normalized spacial score (nSPS) is 14.6. The molecule has 1 rings (SSSR count). The summed E-state index contributed by atoms with van der Waals surface area (Å²) in [5.41, 5.74) is 0.783. The fourth-order valence-corrected chi connectivity index (χ4v) is 2.77. The molecule has 3 N–H and O–H groups in total. The minimum atomic E-state index is -1.03. The van der Waals surface area contributed by atoms with Crippen molar-refractivity contribution in [1.29, 1.82) is 0 Å². The summed E-state index contributed by atoms with van der Waals surface area (Å²) in [5, 5.41) is 30.8. The van der Waals surface area contributed by atoms with Crippen molar-refractivity contribution >= 4 is 17.9 Å². The predicted octanol–water partition coefficient (Wildman–Crippen LogP) is 2.23. The summed E-state index contributed by atoms with van der Waals surface area (Å²) in [7, 11) is 4.99. The molecule has 0 saturated carbocycles. The SMILES string of the molecule is CCCCC[C@H](O)[C@H](O)/C=C/c1nc(N(C)C)cnc1C(O)CCCC(=O)OC. The van der Waals surface area contributed by atoms with Gasteiger partial charge >= 0.3 is 5.97 Å². The summed E-state index contributed by atoms with van der Waals surface area (Å²) < 4.78 is 4.61. The van der Waals surface area contributed by atoms with E-state index in [1.807, 2.05) is 14.1 Å². The number of rotatable bonds is 13. The van der Waals surface area contributed by atoms with Gasteiger partial charge in [0.15, 0.2) is 0 Å². The molecule has 3 atom stereocenters. The standard InChI is InChI=1S/C21H35N3O5/c1-5-6-7-9-16(25)17(26)13-12-15-21(22-14-19(23-15)24(2)3)18(27)10-8-11-20(28)29-4/h12-14,16-18,25-27H,5-11H2,1-4H3/b13-12+/t16-,17+,18?/m0/s1. The third kappa shape index (κ3) is 8.89. The highest BCUT2D eigenvalue weighted by Gasteiger charge is 2.18. The van der Waals surface area contributed by atoms with E-state index in [2.05, 4.69) is 21.6 Å². The number of hydrogen-bond donors (Lipinski definition) is 3. The lowest BCUT2D eigenvalue weighted by Gasteiger charge is -2.17. The molecule has 1 heterocycles. The van der Waals surface area contributed by atoms with Crippen LogP contribution in [-0.4, -0.2) is 64.7 Å². The quantitative estimate of drug-likeness (QED) is 0.335. The van der Waals surface area contributed by atoms with Gasteiger partial charge in [0.05, 0.1) is 43.0 Å². The number of hydrogen-bond acceptors (Lipinski definition) is 8. The fraction of sp³-hybridized carbons (Fsp3) is 0.667. The molecule has 0 radical (unpaired) electrons. The number of aliphatic hydroxyl groups excluding tert-OH is 3. The van der Waals surface area contributed by atoms with Crippen molar-refractivity contribution in [2.24, 2.45) is 0 Å². The lowest BCUT2D eigenvalue weighted by molar-refractivity contribution is -0.140. The zero-order valence-electron chi connectivity index (χ0n) is 17.9. The molecule has 8 nitrogen and oxygen atoms in total. The molecule has 0 amide bonds. The first kappa shape index (κ1) is 25.0. The molecule has 0 spiro atoms. The lowest BCUT2D eigenvalue weighted by Crippen LogP contribution is -2.23. The summed E-state index contributed by atoms with van der Waals surface area (Å²) >= 11 is 0. The van der Waals surface area contributed by atoms with E-state index >= 15 is 0 Å². The van der Waals surface area contributed by atoms with Crippen LogP contribution >= 0.6 is 0 Å². The Kier molecular flexibility index (Phi) is 11.4. The minimum Gasteiger partial charge on any atom is -0.469 e. The van der Waals surface area contributed by atoms with Gasteiger partial charge in [0.1, 0.15) is 5.82 Å². The number of ether oxygens (including phenoxy) is 1. The van der Waals surface area contributed by atoms with Crippen molar-refractivity contribution in [3.05, 3.63) is 23.7 Å². The maximum absolute atomic E-state index is 11.3. The third-order valence-corrected chi connectivity index (χ3v) is 4.63. The number of carbonyl (C=O) groups is 1. The topological polar surface area (TPSA) is 116 Å². The van der Waals surface area contributed by atoms with E-state index in [0.29, 0.717) is 36.5 Å². The molecule has 0 saturated heterocycles. The Labute approximate surface area is 173 Å². The summed E-state index contributed by atoms with van der Waals surface area (Å²) in [4.78, 5) is 21.9. The monoisotopic (exact) mass is 409 g/mol. The molecule has 164 valence electrons. The molecule has 1 aromatic heterocycles. The van der Waals surface area contributed by atoms with E-state index in [4.69, 9.17) is 0 Å².